The summed E-state index contributed by atoms with van der Waals surface area (Å²) in [6.45, 7) is 8.79. The molecule has 1 aliphatic rings. The molecule has 112 valence electrons. The predicted octanol–water partition coefficient (Wildman–Crippen LogP) is 1.43. The molecular formula is C14H25N5O. The molecule has 20 heavy (non-hydrogen) atoms. The second-order valence-corrected chi connectivity index (χ2v) is 4.95. The number of morpholine rings is 1. The van der Waals surface area contributed by atoms with Crippen molar-refractivity contribution in [1.29, 1.82) is 0 Å². The molecule has 1 aromatic rings. The van der Waals surface area contributed by atoms with Crippen molar-refractivity contribution in [3.63, 3.8) is 0 Å². The van der Waals surface area contributed by atoms with Crippen LogP contribution in [0.5, 0.6) is 0 Å². The summed E-state index contributed by atoms with van der Waals surface area (Å²) < 4.78 is 5.34. The van der Waals surface area contributed by atoms with E-state index in [0.29, 0.717) is 0 Å². The molecule has 0 saturated carbocycles. The molecule has 0 bridgehead atoms. The number of hydrogen-bond donors (Lipinski definition) is 2. The SMILES string of the molecule is CCCCNc1cc(NCCN2CCOCC2)ncn1. The van der Waals surface area contributed by atoms with E-state index in [0.717, 1.165) is 64.0 Å². The van der Waals surface area contributed by atoms with E-state index in [-0.39, 0.29) is 0 Å². The van der Waals surface area contributed by atoms with Crippen LogP contribution in [0, 0.1) is 0 Å². The highest BCUT2D eigenvalue weighted by atomic mass is 16.5. The predicted molar refractivity (Wildman–Crippen MR) is 81.2 cm³/mol. The number of unbranched alkanes of at least 4 members (excludes halogenated alkanes) is 1. The van der Waals surface area contributed by atoms with Gasteiger partial charge < -0.3 is 15.4 Å². The lowest BCUT2D eigenvalue weighted by Gasteiger charge is -2.26. The zero-order valence-corrected chi connectivity index (χ0v) is 12.3. The van der Waals surface area contributed by atoms with Crippen LogP contribution in [-0.2, 0) is 4.74 Å². The van der Waals surface area contributed by atoms with Gasteiger partial charge >= 0.3 is 0 Å². The summed E-state index contributed by atoms with van der Waals surface area (Å²) in [4.78, 5) is 10.9. The Balaban J connectivity index is 1.70. The fourth-order valence-corrected chi connectivity index (χ4v) is 2.11. The van der Waals surface area contributed by atoms with Gasteiger partial charge in [-0.2, -0.15) is 0 Å². The van der Waals surface area contributed by atoms with Crippen LogP contribution in [0.4, 0.5) is 11.6 Å². The number of nitrogens with zero attached hydrogens (tertiary/aromatic N) is 3. The van der Waals surface area contributed by atoms with Crippen LogP contribution in [0.2, 0.25) is 0 Å². The molecule has 0 spiro atoms. The summed E-state index contributed by atoms with van der Waals surface area (Å²) in [5.74, 6) is 1.77. The molecule has 2 N–H and O–H groups in total. The van der Waals surface area contributed by atoms with Gasteiger partial charge in [0.25, 0.3) is 0 Å². The number of aromatic nitrogens is 2. The molecule has 0 aromatic carbocycles. The van der Waals surface area contributed by atoms with E-state index in [4.69, 9.17) is 4.74 Å². The molecule has 2 rings (SSSR count). The smallest absolute Gasteiger partial charge is 0.131 e. The standard InChI is InChI=1S/C14H25N5O/c1-2-3-4-15-13-11-14(18-12-17-13)16-5-6-19-7-9-20-10-8-19/h11-12H,2-10H2,1H3,(H2,15,16,17,18). The Morgan fingerprint density at radius 1 is 1.15 bits per heavy atom. The van der Waals surface area contributed by atoms with Gasteiger partial charge in [0.15, 0.2) is 0 Å². The molecule has 6 nitrogen and oxygen atoms in total. The second-order valence-electron chi connectivity index (χ2n) is 4.95. The minimum atomic E-state index is 0.846. The summed E-state index contributed by atoms with van der Waals surface area (Å²) in [6.07, 6.45) is 3.94. The molecule has 0 unspecified atom stereocenters. The van der Waals surface area contributed by atoms with Gasteiger partial charge in [-0.15, -0.1) is 0 Å². The summed E-state index contributed by atoms with van der Waals surface area (Å²) >= 11 is 0. The van der Waals surface area contributed by atoms with Gasteiger partial charge in [0.1, 0.15) is 18.0 Å². The highest BCUT2D eigenvalue weighted by molar-refractivity contribution is 5.46. The van der Waals surface area contributed by atoms with Crippen molar-refractivity contribution in [1.82, 2.24) is 14.9 Å². The third kappa shape index (κ3) is 5.30. The van der Waals surface area contributed by atoms with Crippen molar-refractivity contribution in [2.24, 2.45) is 0 Å². The summed E-state index contributed by atoms with van der Waals surface area (Å²) in [5.41, 5.74) is 0. The fraction of sp³-hybridized carbons (Fsp3) is 0.714. The molecule has 0 radical (unpaired) electrons. The molecule has 0 atom stereocenters. The van der Waals surface area contributed by atoms with Crippen molar-refractivity contribution >= 4 is 11.6 Å². The molecule has 1 aliphatic heterocycles. The van der Waals surface area contributed by atoms with Gasteiger partial charge in [0.2, 0.25) is 0 Å². The first kappa shape index (κ1) is 15.0. The molecule has 6 heteroatoms. The lowest BCUT2D eigenvalue weighted by atomic mass is 10.3. The molecule has 1 fully saturated rings. The quantitative estimate of drug-likeness (QED) is 0.702. The Morgan fingerprint density at radius 2 is 1.85 bits per heavy atom. The minimum Gasteiger partial charge on any atom is -0.379 e. The van der Waals surface area contributed by atoms with Gasteiger partial charge in [0.05, 0.1) is 13.2 Å². The highest BCUT2D eigenvalue weighted by Crippen LogP contribution is 2.08. The molecule has 1 aromatic heterocycles. The molecule has 0 amide bonds. The molecule has 2 heterocycles. The summed E-state index contributed by atoms with van der Waals surface area (Å²) in [7, 11) is 0. The first-order chi connectivity index (χ1) is 9.88. The Morgan fingerprint density at radius 3 is 2.55 bits per heavy atom. The lowest BCUT2D eigenvalue weighted by molar-refractivity contribution is 0.0398. The van der Waals surface area contributed by atoms with Crippen LogP contribution in [0.25, 0.3) is 0 Å². The van der Waals surface area contributed by atoms with Crippen LogP contribution in [0.3, 0.4) is 0 Å². The van der Waals surface area contributed by atoms with Gasteiger partial charge in [0, 0.05) is 38.8 Å². The number of nitrogens with one attached hydrogen (secondary N) is 2. The van der Waals surface area contributed by atoms with E-state index >= 15 is 0 Å². The maximum Gasteiger partial charge on any atom is 0.131 e. The van der Waals surface area contributed by atoms with Crippen LogP contribution < -0.4 is 10.6 Å². The van der Waals surface area contributed by atoms with Crippen LogP contribution in [0.15, 0.2) is 12.4 Å². The van der Waals surface area contributed by atoms with Crippen molar-refractivity contribution in [3.05, 3.63) is 12.4 Å². The molecular weight excluding hydrogens is 254 g/mol. The van der Waals surface area contributed by atoms with Crippen LogP contribution in [-0.4, -0.2) is 60.8 Å². The van der Waals surface area contributed by atoms with E-state index in [2.05, 4.69) is 32.4 Å². The molecule has 0 aliphatic carbocycles. The van der Waals surface area contributed by atoms with Crippen LogP contribution in [0.1, 0.15) is 19.8 Å². The van der Waals surface area contributed by atoms with E-state index in [1.807, 2.05) is 6.07 Å². The van der Waals surface area contributed by atoms with E-state index < -0.39 is 0 Å². The van der Waals surface area contributed by atoms with Gasteiger partial charge in [-0.05, 0) is 6.42 Å². The normalized spacial score (nSPS) is 16.1. The largest absolute Gasteiger partial charge is 0.379 e. The number of rotatable bonds is 8. The summed E-state index contributed by atoms with van der Waals surface area (Å²) in [5, 5.41) is 6.66. The Labute approximate surface area is 120 Å². The fourth-order valence-electron chi connectivity index (χ4n) is 2.11. The zero-order valence-electron chi connectivity index (χ0n) is 12.3. The monoisotopic (exact) mass is 279 g/mol. The van der Waals surface area contributed by atoms with Crippen LogP contribution >= 0.6 is 0 Å². The lowest BCUT2D eigenvalue weighted by Crippen LogP contribution is -2.39. The Hall–Kier alpha value is -1.40. The maximum absolute atomic E-state index is 5.34. The molecule has 1 saturated heterocycles. The Kier molecular flexibility index (Phi) is 6.53. The first-order valence-corrected chi connectivity index (χ1v) is 7.48. The van der Waals surface area contributed by atoms with Crippen molar-refractivity contribution < 1.29 is 4.74 Å². The van der Waals surface area contributed by atoms with Crippen molar-refractivity contribution in [3.8, 4) is 0 Å². The third-order valence-corrected chi connectivity index (χ3v) is 3.34. The topological polar surface area (TPSA) is 62.3 Å². The number of ether oxygens (including phenoxy) is 1. The summed E-state index contributed by atoms with van der Waals surface area (Å²) in [6, 6.07) is 1.97. The minimum absolute atomic E-state index is 0.846. The Bertz CT molecular complexity index is 382. The van der Waals surface area contributed by atoms with E-state index in [1.54, 1.807) is 6.33 Å². The second kappa shape index (κ2) is 8.71. The van der Waals surface area contributed by atoms with E-state index in [1.165, 1.54) is 6.42 Å². The van der Waals surface area contributed by atoms with Gasteiger partial charge in [-0.3, -0.25) is 4.90 Å². The average molecular weight is 279 g/mol. The van der Waals surface area contributed by atoms with Gasteiger partial charge in [-0.1, -0.05) is 13.3 Å². The first-order valence-electron chi connectivity index (χ1n) is 7.48. The third-order valence-electron chi connectivity index (χ3n) is 3.34. The van der Waals surface area contributed by atoms with Gasteiger partial charge in [-0.25, -0.2) is 9.97 Å². The number of anilines is 2. The zero-order chi connectivity index (χ0) is 14.0. The maximum atomic E-state index is 5.34. The van der Waals surface area contributed by atoms with Crippen molar-refractivity contribution in [2.75, 3.05) is 56.6 Å². The van der Waals surface area contributed by atoms with E-state index in [9.17, 15) is 0 Å². The average Bonchev–Trinajstić information content (AvgIpc) is 2.49. The highest BCUT2D eigenvalue weighted by Gasteiger charge is 2.09. The van der Waals surface area contributed by atoms with Crippen molar-refractivity contribution in [2.45, 2.75) is 19.8 Å². The number of hydrogen-bond acceptors (Lipinski definition) is 6.